The number of urea groups is 1. The second-order valence-electron chi connectivity index (χ2n) is 4.21. The number of nitrogens with zero attached hydrogens (tertiary/aromatic N) is 1. The summed E-state index contributed by atoms with van der Waals surface area (Å²) in [6.45, 7) is 3.66. The molecule has 0 radical (unpaired) electrons. The topological polar surface area (TPSA) is 69.6 Å². The number of carboxylic acids is 1. The summed E-state index contributed by atoms with van der Waals surface area (Å²) in [6.07, 6.45) is 1.51. The molecule has 1 aliphatic rings. The van der Waals surface area contributed by atoms with Gasteiger partial charge in [0.05, 0.1) is 5.92 Å². The maximum Gasteiger partial charge on any atom is 0.317 e. The monoisotopic (exact) mass is 260 g/mol. The molecule has 1 atom stereocenters. The summed E-state index contributed by atoms with van der Waals surface area (Å²) in [5.41, 5.74) is 0. The molecule has 0 bridgehead atoms. The van der Waals surface area contributed by atoms with E-state index in [-0.39, 0.29) is 6.03 Å². The van der Waals surface area contributed by atoms with E-state index < -0.39 is 11.9 Å². The number of aliphatic carboxylic acids is 1. The van der Waals surface area contributed by atoms with Gasteiger partial charge in [0.15, 0.2) is 0 Å². The van der Waals surface area contributed by atoms with E-state index in [0.717, 1.165) is 31.0 Å². The van der Waals surface area contributed by atoms with E-state index in [2.05, 4.69) is 5.32 Å². The Bertz CT molecular complexity index is 265. The Morgan fingerprint density at radius 3 is 2.88 bits per heavy atom. The smallest absolute Gasteiger partial charge is 0.317 e. The molecule has 0 aromatic rings. The van der Waals surface area contributed by atoms with Crippen molar-refractivity contribution in [3.05, 3.63) is 0 Å². The van der Waals surface area contributed by atoms with Gasteiger partial charge < -0.3 is 15.3 Å². The Balaban J connectivity index is 2.21. The molecule has 1 rings (SSSR count). The maximum atomic E-state index is 11.8. The Labute approximate surface area is 106 Å². The van der Waals surface area contributed by atoms with Crippen LogP contribution in [0.3, 0.4) is 0 Å². The van der Waals surface area contributed by atoms with Crippen LogP contribution in [0.4, 0.5) is 4.79 Å². The number of rotatable bonds is 4. The molecule has 1 fully saturated rings. The van der Waals surface area contributed by atoms with Gasteiger partial charge in [0.1, 0.15) is 0 Å². The normalized spacial score (nSPS) is 18.3. The van der Waals surface area contributed by atoms with Crippen LogP contribution in [-0.2, 0) is 4.79 Å². The van der Waals surface area contributed by atoms with Crippen LogP contribution < -0.4 is 5.32 Å². The maximum absolute atomic E-state index is 11.8. The Hall–Kier alpha value is -0.910. The predicted molar refractivity (Wildman–Crippen MR) is 68.3 cm³/mol. The van der Waals surface area contributed by atoms with Crippen LogP contribution in [-0.4, -0.2) is 53.1 Å². The van der Waals surface area contributed by atoms with Gasteiger partial charge in [0.2, 0.25) is 0 Å². The highest BCUT2D eigenvalue weighted by atomic mass is 32.2. The largest absolute Gasteiger partial charge is 0.481 e. The third-order valence-electron chi connectivity index (χ3n) is 2.78. The zero-order valence-electron chi connectivity index (χ0n) is 10.1. The zero-order chi connectivity index (χ0) is 12.7. The Kier molecular flexibility index (Phi) is 6.18. The summed E-state index contributed by atoms with van der Waals surface area (Å²) < 4.78 is 0. The molecule has 1 unspecified atom stereocenters. The Morgan fingerprint density at radius 2 is 2.18 bits per heavy atom. The van der Waals surface area contributed by atoms with Crippen LogP contribution >= 0.6 is 11.8 Å². The SMILES string of the molecule is CC(CCNC(=O)N1CCCSCC1)C(=O)O. The van der Waals surface area contributed by atoms with Gasteiger partial charge in [-0.05, 0) is 18.6 Å². The Morgan fingerprint density at radius 1 is 1.41 bits per heavy atom. The van der Waals surface area contributed by atoms with Crippen molar-refractivity contribution in [1.82, 2.24) is 10.2 Å². The minimum atomic E-state index is -0.814. The fraction of sp³-hybridized carbons (Fsp3) is 0.818. The molecule has 0 saturated carbocycles. The van der Waals surface area contributed by atoms with E-state index in [4.69, 9.17) is 5.11 Å². The van der Waals surface area contributed by atoms with Gasteiger partial charge in [-0.1, -0.05) is 6.92 Å². The summed E-state index contributed by atoms with van der Waals surface area (Å²) in [5, 5.41) is 11.5. The standard InChI is InChI=1S/C11H20N2O3S/c1-9(10(14)15)3-4-12-11(16)13-5-2-7-17-8-6-13/h9H,2-8H2,1H3,(H,12,16)(H,14,15). The van der Waals surface area contributed by atoms with Gasteiger partial charge in [-0.2, -0.15) is 11.8 Å². The fourth-order valence-electron chi connectivity index (χ4n) is 1.58. The van der Waals surface area contributed by atoms with Crippen LogP contribution in [0.2, 0.25) is 0 Å². The summed E-state index contributed by atoms with van der Waals surface area (Å²) in [5.74, 6) is 0.874. The average molecular weight is 260 g/mol. The molecule has 0 aliphatic carbocycles. The highest BCUT2D eigenvalue weighted by Crippen LogP contribution is 2.09. The van der Waals surface area contributed by atoms with Crippen LogP contribution in [0.25, 0.3) is 0 Å². The molecule has 2 N–H and O–H groups in total. The molecule has 98 valence electrons. The lowest BCUT2D eigenvalue weighted by Gasteiger charge is -2.20. The first-order chi connectivity index (χ1) is 8.11. The lowest BCUT2D eigenvalue weighted by Crippen LogP contribution is -2.41. The lowest BCUT2D eigenvalue weighted by atomic mass is 10.1. The number of carbonyl (C=O) groups excluding carboxylic acids is 1. The van der Waals surface area contributed by atoms with Crippen molar-refractivity contribution >= 4 is 23.8 Å². The predicted octanol–water partition coefficient (Wildman–Crippen LogP) is 1.25. The molecule has 6 heteroatoms. The number of amides is 2. The summed E-state index contributed by atoms with van der Waals surface area (Å²) >= 11 is 1.87. The van der Waals surface area contributed by atoms with Gasteiger partial charge in [-0.25, -0.2) is 4.79 Å². The molecular weight excluding hydrogens is 240 g/mol. The first kappa shape index (κ1) is 14.2. The van der Waals surface area contributed by atoms with Crippen molar-refractivity contribution in [3.63, 3.8) is 0 Å². The molecule has 1 saturated heterocycles. The van der Waals surface area contributed by atoms with E-state index in [9.17, 15) is 9.59 Å². The molecule has 17 heavy (non-hydrogen) atoms. The molecule has 0 spiro atoms. The van der Waals surface area contributed by atoms with E-state index >= 15 is 0 Å². The van der Waals surface area contributed by atoms with E-state index in [1.54, 1.807) is 6.92 Å². The second-order valence-corrected chi connectivity index (χ2v) is 5.44. The minimum Gasteiger partial charge on any atom is -0.481 e. The number of hydrogen-bond acceptors (Lipinski definition) is 3. The third kappa shape index (κ3) is 5.30. The van der Waals surface area contributed by atoms with Gasteiger partial charge in [0, 0.05) is 25.4 Å². The quantitative estimate of drug-likeness (QED) is 0.798. The highest BCUT2D eigenvalue weighted by Gasteiger charge is 2.16. The zero-order valence-corrected chi connectivity index (χ0v) is 11.0. The number of carboxylic acid groups (broad SMARTS) is 1. The van der Waals surface area contributed by atoms with Crippen LogP contribution in [0.15, 0.2) is 0 Å². The molecular formula is C11H20N2O3S. The number of carbonyl (C=O) groups is 2. The van der Waals surface area contributed by atoms with Crippen molar-refractivity contribution in [1.29, 1.82) is 0 Å². The molecule has 2 amide bonds. The molecule has 1 heterocycles. The van der Waals surface area contributed by atoms with Crippen LogP contribution in [0, 0.1) is 5.92 Å². The summed E-state index contributed by atoms with van der Waals surface area (Å²) in [4.78, 5) is 24.2. The van der Waals surface area contributed by atoms with Crippen molar-refractivity contribution in [3.8, 4) is 0 Å². The van der Waals surface area contributed by atoms with E-state index in [1.165, 1.54) is 0 Å². The number of thioether (sulfide) groups is 1. The van der Waals surface area contributed by atoms with Crippen molar-refractivity contribution < 1.29 is 14.7 Å². The van der Waals surface area contributed by atoms with Crippen LogP contribution in [0.5, 0.6) is 0 Å². The summed E-state index contributed by atoms with van der Waals surface area (Å²) in [7, 11) is 0. The molecule has 0 aromatic heterocycles. The minimum absolute atomic E-state index is 0.0647. The van der Waals surface area contributed by atoms with Gasteiger partial charge >= 0.3 is 12.0 Å². The third-order valence-corrected chi connectivity index (χ3v) is 3.83. The van der Waals surface area contributed by atoms with E-state index in [0.29, 0.717) is 13.0 Å². The molecule has 1 aliphatic heterocycles. The van der Waals surface area contributed by atoms with Gasteiger partial charge in [-0.3, -0.25) is 4.79 Å². The lowest BCUT2D eigenvalue weighted by molar-refractivity contribution is -0.141. The number of hydrogen-bond donors (Lipinski definition) is 2. The second kappa shape index (κ2) is 7.42. The van der Waals surface area contributed by atoms with Crippen molar-refractivity contribution in [2.24, 2.45) is 5.92 Å². The summed E-state index contributed by atoms with van der Waals surface area (Å²) in [6, 6.07) is -0.0647. The fourth-order valence-corrected chi connectivity index (χ4v) is 2.47. The van der Waals surface area contributed by atoms with Gasteiger partial charge in [-0.15, -0.1) is 0 Å². The molecule has 5 nitrogen and oxygen atoms in total. The number of nitrogens with one attached hydrogen (secondary N) is 1. The molecule has 0 aromatic carbocycles. The van der Waals surface area contributed by atoms with E-state index in [1.807, 2.05) is 16.7 Å². The first-order valence-electron chi connectivity index (χ1n) is 5.94. The van der Waals surface area contributed by atoms with Crippen molar-refractivity contribution in [2.75, 3.05) is 31.1 Å². The van der Waals surface area contributed by atoms with Gasteiger partial charge in [0.25, 0.3) is 0 Å². The average Bonchev–Trinajstić information content (AvgIpc) is 2.57. The highest BCUT2D eigenvalue weighted by molar-refractivity contribution is 7.99. The first-order valence-corrected chi connectivity index (χ1v) is 7.10. The van der Waals surface area contributed by atoms with Crippen LogP contribution in [0.1, 0.15) is 19.8 Å². The van der Waals surface area contributed by atoms with Crippen molar-refractivity contribution in [2.45, 2.75) is 19.8 Å².